The molecule has 3 saturated carbocycles. The fourth-order valence-electron chi connectivity index (χ4n) is 9.94. The minimum atomic E-state index is -1.50. The summed E-state index contributed by atoms with van der Waals surface area (Å²) in [4.78, 5) is 80.7. The van der Waals surface area contributed by atoms with E-state index >= 15 is 0 Å². The lowest BCUT2D eigenvalue weighted by atomic mass is 9.43. The van der Waals surface area contributed by atoms with E-state index in [4.69, 9.17) is 15.0 Å². The Morgan fingerprint density at radius 1 is 0.809 bits per heavy atom. The summed E-state index contributed by atoms with van der Waals surface area (Å²) in [6.45, 7) is 19.2. The quantitative estimate of drug-likeness (QED) is 0.0587. The minimum Gasteiger partial charge on any atom is -0.404 e. The van der Waals surface area contributed by atoms with E-state index in [2.05, 4.69) is 83.9 Å². The highest BCUT2D eigenvalue weighted by molar-refractivity contribution is 6.47. The highest BCUT2D eigenvalue weighted by Gasteiger charge is 2.68. The molecule has 2 aromatic carbocycles. The fraction of sp³-hybridized carbons (Fsp3) is 0.647. The summed E-state index contributed by atoms with van der Waals surface area (Å²) >= 11 is 0. The van der Waals surface area contributed by atoms with Gasteiger partial charge in [0.2, 0.25) is 29.5 Å². The SMILES string of the molecule is CCCCc1ccc(-c2ccc(C(=O)NCCC(=O)N[C@@H](CCCCN)C(=O)N[C@H](C(=O)N[C@@H](C)C(=O)N[C@H](C(=O)N[C@@H](C)B3OC4C[C@@H]5C[C@@H](C5(C)C)[C@]4(C)O3)C(C)(C)C)C(C)O)cc2)cc1. The Morgan fingerprint density at radius 2 is 1.46 bits per heavy atom. The molecule has 0 spiro atoms. The van der Waals surface area contributed by atoms with Crippen LogP contribution in [0.2, 0.25) is 0 Å². The summed E-state index contributed by atoms with van der Waals surface area (Å²) in [7, 11) is -0.661. The van der Waals surface area contributed by atoms with Crippen LogP contribution in [0.3, 0.4) is 0 Å². The van der Waals surface area contributed by atoms with E-state index in [9.17, 15) is 33.9 Å². The summed E-state index contributed by atoms with van der Waals surface area (Å²) in [5.74, 6) is -3.15. The molecule has 1 aliphatic heterocycles. The van der Waals surface area contributed by atoms with Gasteiger partial charge < -0.3 is 52.0 Å². The number of aliphatic hydroxyl groups excluding tert-OH is 1. The van der Waals surface area contributed by atoms with Gasteiger partial charge in [-0.2, -0.15) is 0 Å². The number of unbranched alkanes of at least 4 members (excludes halogenated alkanes) is 2. The van der Waals surface area contributed by atoms with E-state index < -0.39 is 83.9 Å². The van der Waals surface area contributed by atoms with Crippen LogP contribution >= 0.6 is 0 Å². The van der Waals surface area contributed by atoms with Crippen LogP contribution < -0.4 is 37.6 Å². The van der Waals surface area contributed by atoms with Gasteiger partial charge in [-0.1, -0.05) is 84.4 Å². The van der Waals surface area contributed by atoms with E-state index in [1.165, 1.54) is 19.4 Å². The number of hydrogen-bond acceptors (Lipinski definition) is 10. The molecule has 1 saturated heterocycles. The maximum Gasteiger partial charge on any atom is 0.481 e. The van der Waals surface area contributed by atoms with Crippen LogP contribution in [0.25, 0.3) is 11.1 Å². The van der Waals surface area contributed by atoms with Gasteiger partial charge in [-0.15, -0.1) is 0 Å². The van der Waals surface area contributed by atoms with Crippen LogP contribution in [0.4, 0.5) is 0 Å². The first-order chi connectivity index (χ1) is 32.0. The molecule has 3 aliphatic carbocycles. The van der Waals surface area contributed by atoms with Crippen molar-refractivity contribution in [3.05, 3.63) is 59.7 Å². The third-order valence-corrected chi connectivity index (χ3v) is 14.5. The molecule has 1 heterocycles. The second-order valence-electron chi connectivity index (χ2n) is 21.2. The lowest BCUT2D eigenvalue weighted by Crippen LogP contribution is -2.65. The molecule has 0 aromatic heterocycles. The fourth-order valence-corrected chi connectivity index (χ4v) is 9.94. The first kappa shape index (κ1) is 54.1. The monoisotopic (exact) mass is 944 g/mol. The van der Waals surface area contributed by atoms with Crippen molar-refractivity contribution in [3.63, 3.8) is 0 Å². The maximum absolute atomic E-state index is 13.8. The number of aryl methyl sites for hydroxylation is 1. The van der Waals surface area contributed by atoms with Crippen molar-refractivity contribution in [3.8, 4) is 11.1 Å². The Labute approximate surface area is 403 Å². The summed E-state index contributed by atoms with van der Waals surface area (Å²) in [5.41, 5.74) is 8.41. The number of nitrogens with two attached hydrogens (primary N) is 1. The zero-order valence-electron chi connectivity index (χ0n) is 42.0. The van der Waals surface area contributed by atoms with Gasteiger partial charge in [0.25, 0.3) is 5.91 Å². The Morgan fingerprint density at radius 3 is 2.04 bits per heavy atom. The van der Waals surface area contributed by atoms with Crippen molar-refractivity contribution in [1.29, 1.82) is 0 Å². The van der Waals surface area contributed by atoms with Gasteiger partial charge in [0.05, 0.1) is 23.8 Å². The number of rotatable bonds is 23. The van der Waals surface area contributed by atoms with Crippen molar-refractivity contribution in [2.45, 2.75) is 175 Å². The van der Waals surface area contributed by atoms with Gasteiger partial charge >= 0.3 is 7.12 Å². The van der Waals surface area contributed by atoms with Crippen molar-refractivity contribution in [2.24, 2.45) is 28.4 Å². The van der Waals surface area contributed by atoms with Crippen LogP contribution in [0.1, 0.15) is 137 Å². The zero-order valence-corrected chi connectivity index (χ0v) is 42.0. The van der Waals surface area contributed by atoms with E-state index in [-0.39, 0.29) is 36.8 Å². The Bertz CT molecular complexity index is 2080. The summed E-state index contributed by atoms with van der Waals surface area (Å²) in [6.07, 6.45) is 4.97. The molecule has 17 heteroatoms. The molecular weight excluding hydrogens is 865 g/mol. The molecule has 2 unspecified atom stereocenters. The number of benzene rings is 2. The van der Waals surface area contributed by atoms with Gasteiger partial charge in [-0.3, -0.25) is 28.8 Å². The molecule has 10 atom stereocenters. The van der Waals surface area contributed by atoms with Crippen molar-refractivity contribution >= 4 is 42.6 Å². The van der Waals surface area contributed by atoms with Gasteiger partial charge in [-0.25, -0.2) is 0 Å². The number of aliphatic hydroxyl groups is 1. The molecule has 4 aliphatic rings. The smallest absolute Gasteiger partial charge is 0.404 e. The van der Waals surface area contributed by atoms with E-state index in [1.807, 2.05) is 39.8 Å². The van der Waals surface area contributed by atoms with Gasteiger partial charge in [0.15, 0.2) is 0 Å². The molecular formula is C51H78BN7O9. The average molecular weight is 944 g/mol. The van der Waals surface area contributed by atoms with Crippen molar-refractivity contribution in [1.82, 2.24) is 31.9 Å². The summed E-state index contributed by atoms with van der Waals surface area (Å²) in [6, 6.07) is 10.8. The summed E-state index contributed by atoms with van der Waals surface area (Å²) in [5, 5.41) is 27.0. The predicted octanol–water partition coefficient (Wildman–Crippen LogP) is 4.10. The Balaban J connectivity index is 1.11. The number of carbonyl (C=O) groups excluding carboxylic acids is 6. The van der Waals surface area contributed by atoms with Crippen molar-refractivity contribution in [2.75, 3.05) is 13.1 Å². The van der Waals surface area contributed by atoms with Gasteiger partial charge in [0, 0.05) is 18.5 Å². The second-order valence-corrected chi connectivity index (χ2v) is 21.2. The summed E-state index contributed by atoms with van der Waals surface area (Å²) < 4.78 is 12.9. The third kappa shape index (κ3) is 13.3. The number of nitrogens with one attached hydrogen (secondary N) is 6. The van der Waals surface area contributed by atoms with Gasteiger partial charge in [0.1, 0.15) is 24.2 Å². The molecule has 2 aromatic rings. The van der Waals surface area contributed by atoms with E-state index in [0.717, 1.165) is 43.2 Å². The Hall–Kier alpha value is -4.84. The van der Waals surface area contributed by atoms with Crippen LogP contribution in [0, 0.1) is 22.7 Å². The standard InChI is InChI=1S/C51H78BN7O9/c1-11-12-15-33-17-19-34(20-18-33)35-21-23-36(24-22-35)45(63)54-27-25-41(61)57-38(16-13-14-26-53)46(64)58-42(31(3)60)47(65)55-30(2)44(62)59-43(49(5,6)7)48(66)56-32(4)52-67-40-29-37-28-39(50(37,8)9)51(40,10)68-52/h17-24,30-32,37-40,42-43,60H,11-16,25-29,53H2,1-10H3,(H,54,63)(H,55,65)(H,56,66)(H,57,61)(H,58,64)(H,59,62)/t30-,31?,32-,37-,38-,39-,40?,42-,43+,51-/m0/s1. The zero-order chi connectivity index (χ0) is 50.1. The highest BCUT2D eigenvalue weighted by atomic mass is 16.7. The second kappa shape index (κ2) is 23.2. The minimum absolute atomic E-state index is 0.000787. The number of carbonyl (C=O) groups is 6. The maximum atomic E-state index is 13.8. The van der Waals surface area contributed by atoms with E-state index in [1.54, 1.807) is 12.1 Å². The van der Waals surface area contributed by atoms with E-state index in [0.29, 0.717) is 36.8 Å². The topological polar surface area (TPSA) is 239 Å². The number of hydrogen-bond donors (Lipinski definition) is 8. The first-order valence-electron chi connectivity index (χ1n) is 24.7. The normalized spacial score (nSPS) is 23.0. The average Bonchev–Trinajstić information content (AvgIpc) is 3.66. The molecule has 2 bridgehead atoms. The molecule has 0 radical (unpaired) electrons. The third-order valence-electron chi connectivity index (χ3n) is 14.5. The van der Waals surface area contributed by atoms with Crippen LogP contribution in [-0.2, 0) is 39.7 Å². The van der Waals surface area contributed by atoms with Crippen LogP contribution in [-0.4, -0.2) is 109 Å². The van der Waals surface area contributed by atoms with Crippen LogP contribution in [0.5, 0.6) is 0 Å². The van der Waals surface area contributed by atoms with Crippen LogP contribution in [0.15, 0.2) is 48.5 Å². The molecule has 4 fully saturated rings. The Kier molecular flexibility index (Phi) is 18.4. The van der Waals surface area contributed by atoms with Gasteiger partial charge in [-0.05, 0) is 131 Å². The first-order valence-corrected chi connectivity index (χ1v) is 24.7. The lowest BCUT2D eigenvalue weighted by Gasteiger charge is -2.64. The lowest BCUT2D eigenvalue weighted by molar-refractivity contribution is -0.199. The molecule has 374 valence electrons. The largest absolute Gasteiger partial charge is 0.481 e. The predicted molar refractivity (Wildman–Crippen MR) is 263 cm³/mol. The number of amides is 6. The molecule has 16 nitrogen and oxygen atoms in total. The molecule has 9 N–H and O–H groups in total. The molecule has 6 amide bonds. The van der Waals surface area contributed by atoms with Crippen molar-refractivity contribution < 1.29 is 43.2 Å². The molecule has 6 rings (SSSR count). The molecule has 68 heavy (non-hydrogen) atoms. The highest BCUT2D eigenvalue weighted by Crippen LogP contribution is 2.65.